The maximum absolute atomic E-state index is 3.85. The van der Waals surface area contributed by atoms with Gasteiger partial charge in [-0.25, -0.2) is 0 Å². The van der Waals surface area contributed by atoms with Crippen molar-refractivity contribution in [2.24, 2.45) is 17.8 Å². The van der Waals surface area contributed by atoms with E-state index in [9.17, 15) is 0 Å². The van der Waals surface area contributed by atoms with Crippen LogP contribution in [-0.4, -0.2) is 6.54 Å². The Balaban J connectivity index is 1.77. The topological polar surface area (TPSA) is 12.0 Å². The summed E-state index contributed by atoms with van der Waals surface area (Å²) in [4.78, 5) is 3.12. The Bertz CT molecular complexity index is 446. The van der Waals surface area contributed by atoms with Crippen LogP contribution in [-0.2, 0) is 5.41 Å². The predicted octanol–water partition coefficient (Wildman–Crippen LogP) is 5.13. The van der Waals surface area contributed by atoms with Crippen molar-refractivity contribution in [3.63, 3.8) is 0 Å². The second kappa shape index (κ2) is 5.46. The van der Waals surface area contributed by atoms with Crippen molar-refractivity contribution >= 4 is 11.3 Å². The molecular weight excluding hydrogens is 262 g/mol. The quantitative estimate of drug-likeness (QED) is 0.792. The molecular formula is C18H29NS. The average Bonchev–Trinajstić information content (AvgIpc) is 2.83. The highest BCUT2D eigenvalue weighted by Gasteiger charge is 2.56. The van der Waals surface area contributed by atoms with Crippen molar-refractivity contribution in [1.82, 2.24) is 5.32 Å². The van der Waals surface area contributed by atoms with Crippen molar-refractivity contribution in [2.45, 2.75) is 64.8 Å². The maximum Gasteiger partial charge on any atom is 0.0449 e. The average molecular weight is 292 g/mol. The molecule has 2 heteroatoms. The molecule has 0 saturated heterocycles. The number of hydrogen-bond donors (Lipinski definition) is 1. The first-order valence-corrected chi connectivity index (χ1v) is 9.17. The molecule has 1 heterocycles. The lowest BCUT2D eigenvalue weighted by atomic mass is 9.95. The van der Waals surface area contributed by atoms with E-state index in [0.717, 1.165) is 24.3 Å². The lowest BCUT2D eigenvalue weighted by Gasteiger charge is -2.20. The van der Waals surface area contributed by atoms with Crippen molar-refractivity contribution in [3.8, 4) is 0 Å². The molecule has 1 N–H and O–H groups in total. The van der Waals surface area contributed by atoms with Crippen LogP contribution in [0.5, 0.6) is 0 Å². The van der Waals surface area contributed by atoms with Crippen LogP contribution in [0.25, 0.3) is 0 Å². The Morgan fingerprint density at radius 3 is 2.50 bits per heavy atom. The van der Waals surface area contributed by atoms with Gasteiger partial charge in [0.25, 0.3) is 0 Å². The summed E-state index contributed by atoms with van der Waals surface area (Å²) >= 11 is 2.04. The van der Waals surface area contributed by atoms with E-state index in [1.54, 1.807) is 4.88 Å². The Morgan fingerprint density at radius 1 is 1.25 bits per heavy atom. The van der Waals surface area contributed by atoms with Crippen molar-refractivity contribution in [1.29, 1.82) is 0 Å². The van der Waals surface area contributed by atoms with E-state index in [4.69, 9.17) is 0 Å². The van der Waals surface area contributed by atoms with Crippen LogP contribution < -0.4 is 5.32 Å². The van der Waals surface area contributed by atoms with Gasteiger partial charge in [0.2, 0.25) is 0 Å². The Hall–Kier alpha value is -0.340. The van der Waals surface area contributed by atoms with Crippen molar-refractivity contribution in [2.75, 3.05) is 6.54 Å². The normalized spacial score (nSPS) is 30.3. The Labute approximate surface area is 128 Å². The lowest BCUT2D eigenvalue weighted by Crippen LogP contribution is -2.24. The zero-order valence-electron chi connectivity index (χ0n) is 13.4. The fourth-order valence-electron chi connectivity index (χ4n) is 4.02. The van der Waals surface area contributed by atoms with Gasteiger partial charge in [0, 0.05) is 15.8 Å². The summed E-state index contributed by atoms with van der Waals surface area (Å²) in [5.74, 6) is 3.00. The number of rotatable bonds is 5. The molecule has 0 amide bonds. The van der Waals surface area contributed by atoms with Crippen LogP contribution in [0.4, 0.5) is 0 Å². The first-order valence-electron chi connectivity index (χ1n) is 8.36. The van der Waals surface area contributed by atoms with Crippen molar-refractivity contribution in [3.05, 3.63) is 21.9 Å². The van der Waals surface area contributed by atoms with Gasteiger partial charge in [-0.3, -0.25) is 0 Å². The third-order valence-electron chi connectivity index (χ3n) is 5.14. The smallest absolute Gasteiger partial charge is 0.0449 e. The zero-order valence-corrected chi connectivity index (χ0v) is 14.2. The highest BCUT2D eigenvalue weighted by Crippen LogP contribution is 2.62. The van der Waals surface area contributed by atoms with E-state index in [-0.39, 0.29) is 5.41 Å². The van der Waals surface area contributed by atoms with Gasteiger partial charge in [0.05, 0.1) is 0 Å². The Morgan fingerprint density at radius 2 is 1.95 bits per heavy atom. The van der Waals surface area contributed by atoms with E-state index >= 15 is 0 Å². The molecule has 2 saturated carbocycles. The fourth-order valence-corrected chi connectivity index (χ4v) is 5.22. The first kappa shape index (κ1) is 14.6. The van der Waals surface area contributed by atoms with E-state index < -0.39 is 0 Å². The minimum atomic E-state index is 0.289. The molecule has 2 aliphatic carbocycles. The molecule has 1 aromatic rings. The minimum absolute atomic E-state index is 0.289. The highest BCUT2D eigenvalue weighted by atomic mass is 32.1. The molecule has 0 spiro atoms. The lowest BCUT2D eigenvalue weighted by molar-refractivity contribution is 0.423. The zero-order chi connectivity index (χ0) is 14.3. The summed E-state index contributed by atoms with van der Waals surface area (Å²) in [6.45, 7) is 10.4. The molecule has 0 radical (unpaired) electrons. The predicted molar refractivity (Wildman–Crippen MR) is 88.4 cm³/mol. The summed E-state index contributed by atoms with van der Waals surface area (Å²) in [6.07, 6.45) is 5.67. The minimum Gasteiger partial charge on any atom is -0.309 e. The molecule has 0 bridgehead atoms. The summed E-state index contributed by atoms with van der Waals surface area (Å²) < 4.78 is 0. The van der Waals surface area contributed by atoms with Crippen LogP contribution in [0.1, 0.15) is 69.2 Å². The van der Waals surface area contributed by atoms with Crippen LogP contribution in [0.15, 0.2) is 12.1 Å². The van der Waals surface area contributed by atoms with Gasteiger partial charge in [-0.05, 0) is 61.1 Å². The van der Waals surface area contributed by atoms with Crippen molar-refractivity contribution < 1.29 is 0 Å². The third kappa shape index (κ3) is 2.69. The summed E-state index contributed by atoms with van der Waals surface area (Å²) in [6, 6.07) is 5.39. The van der Waals surface area contributed by atoms with Gasteiger partial charge in [0.1, 0.15) is 0 Å². The number of nitrogens with one attached hydrogen (secondary N) is 1. The molecule has 1 nitrogen and oxygen atoms in total. The second-order valence-electron chi connectivity index (χ2n) is 7.72. The molecule has 3 atom stereocenters. The standard InChI is InChI=1S/C18H29NS/c1-5-11-19-17(16-12-7-6-8-13(12)16)14-9-10-15(20-14)18(2,3)4/h9-10,12-13,16-17,19H,5-8,11H2,1-4H3. The van der Waals surface area contributed by atoms with E-state index in [0.29, 0.717) is 6.04 Å². The van der Waals surface area contributed by atoms with Gasteiger partial charge in [0.15, 0.2) is 0 Å². The highest BCUT2D eigenvalue weighted by molar-refractivity contribution is 7.12. The van der Waals surface area contributed by atoms with Crippen LogP contribution in [0.2, 0.25) is 0 Å². The molecule has 2 aliphatic rings. The second-order valence-corrected chi connectivity index (χ2v) is 8.84. The molecule has 0 aromatic carbocycles. The summed E-state index contributed by atoms with van der Waals surface area (Å²) in [7, 11) is 0. The van der Waals surface area contributed by atoms with Crippen LogP contribution in [0.3, 0.4) is 0 Å². The van der Waals surface area contributed by atoms with E-state index in [1.165, 1.54) is 30.6 Å². The molecule has 3 rings (SSSR count). The summed E-state index contributed by atoms with van der Waals surface area (Å²) in [5.41, 5.74) is 0.289. The Kier molecular flexibility index (Phi) is 3.98. The van der Waals surface area contributed by atoms with Gasteiger partial charge in [-0.15, -0.1) is 11.3 Å². The largest absolute Gasteiger partial charge is 0.309 e. The summed E-state index contributed by atoms with van der Waals surface area (Å²) in [5, 5.41) is 3.85. The van der Waals surface area contributed by atoms with Crippen LogP contribution in [0, 0.1) is 17.8 Å². The van der Waals surface area contributed by atoms with E-state index in [1.807, 2.05) is 11.3 Å². The molecule has 2 fully saturated rings. The van der Waals surface area contributed by atoms with Gasteiger partial charge < -0.3 is 5.32 Å². The molecule has 0 aliphatic heterocycles. The SMILES string of the molecule is CCCNC(c1ccc(C(C)(C)C)s1)C1C2CCCC21. The number of hydrogen-bond acceptors (Lipinski definition) is 2. The van der Waals surface area contributed by atoms with Gasteiger partial charge >= 0.3 is 0 Å². The fraction of sp³-hybridized carbons (Fsp3) is 0.778. The third-order valence-corrected chi connectivity index (χ3v) is 6.74. The number of thiophene rings is 1. The molecule has 112 valence electrons. The van der Waals surface area contributed by atoms with Crippen LogP contribution >= 0.6 is 11.3 Å². The molecule has 1 aromatic heterocycles. The van der Waals surface area contributed by atoms with E-state index in [2.05, 4.69) is 45.1 Å². The molecule has 20 heavy (non-hydrogen) atoms. The first-order chi connectivity index (χ1) is 9.52. The van der Waals surface area contributed by atoms with Gasteiger partial charge in [-0.1, -0.05) is 34.1 Å². The maximum atomic E-state index is 3.85. The molecule has 3 unspecified atom stereocenters. The van der Waals surface area contributed by atoms with Gasteiger partial charge in [-0.2, -0.15) is 0 Å². The number of fused-ring (bicyclic) bond motifs is 1. The monoisotopic (exact) mass is 291 g/mol.